The standard InChI is InChI=1S/C27H38O3/c1-7-26(3,4)23-17-16-22(24(19-23)27(5,6)8-2)15-12-18-29-25(28)30-20-21-13-10-9-11-14-21/h9-11,13-14,16-17,19H,7-8,12,15,18,20H2,1-6H3. The van der Waals surface area contributed by atoms with Crippen LogP contribution in [0.15, 0.2) is 48.5 Å². The van der Waals surface area contributed by atoms with E-state index in [0.29, 0.717) is 6.61 Å². The molecule has 0 heterocycles. The second kappa shape index (κ2) is 10.7. The molecule has 0 saturated carbocycles. The fraction of sp³-hybridized carbons (Fsp3) is 0.519. The van der Waals surface area contributed by atoms with Crippen LogP contribution in [0.2, 0.25) is 0 Å². The van der Waals surface area contributed by atoms with Gasteiger partial charge in [-0.1, -0.05) is 90.1 Å². The van der Waals surface area contributed by atoms with Crippen LogP contribution in [0, 0.1) is 0 Å². The first-order chi connectivity index (χ1) is 14.2. The Balaban J connectivity index is 1.94. The minimum absolute atomic E-state index is 0.116. The highest BCUT2D eigenvalue weighted by Gasteiger charge is 2.25. The molecule has 0 radical (unpaired) electrons. The van der Waals surface area contributed by atoms with Gasteiger partial charge in [0.15, 0.2) is 0 Å². The van der Waals surface area contributed by atoms with Crippen molar-refractivity contribution in [3.05, 3.63) is 70.8 Å². The first-order valence-electron chi connectivity index (χ1n) is 11.2. The van der Waals surface area contributed by atoms with Crippen molar-refractivity contribution in [2.45, 2.75) is 84.7 Å². The van der Waals surface area contributed by atoms with Gasteiger partial charge in [-0.2, -0.15) is 0 Å². The van der Waals surface area contributed by atoms with E-state index < -0.39 is 6.16 Å². The first kappa shape index (κ1) is 24.0. The molecule has 0 amide bonds. The van der Waals surface area contributed by atoms with E-state index in [1.165, 1.54) is 16.7 Å². The van der Waals surface area contributed by atoms with Crippen LogP contribution in [-0.4, -0.2) is 12.8 Å². The molecule has 0 atom stereocenters. The second-order valence-electron chi connectivity index (χ2n) is 9.32. The van der Waals surface area contributed by atoms with Gasteiger partial charge in [0.05, 0.1) is 6.61 Å². The van der Waals surface area contributed by atoms with Gasteiger partial charge in [-0.25, -0.2) is 4.79 Å². The monoisotopic (exact) mass is 410 g/mol. The van der Waals surface area contributed by atoms with Gasteiger partial charge in [0.2, 0.25) is 0 Å². The third-order valence-electron chi connectivity index (χ3n) is 6.40. The summed E-state index contributed by atoms with van der Waals surface area (Å²) in [5.74, 6) is 0. The van der Waals surface area contributed by atoms with Crippen LogP contribution >= 0.6 is 0 Å². The Hall–Kier alpha value is -2.29. The highest BCUT2D eigenvalue weighted by Crippen LogP contribution is 2.35. The Bertz CT molecular complexity index is 806. The number of benzene rings is 2. The Morgan fingerprint density at radius 3 is 2.17 bits per heavy atom. The first-order valence-corrected chi connectivity index (χ1v) is 11.2. The van der Waals surface area contributed by atoms with Crippen molar-refractivity contribution in [3.63, 3.8) is 0 Å². The molecular weight excluding hydrogens is 372 g/mol. The predicted octanol–water partition coefficient (Wildman–Crippen LogP) is 7.35. The van der Waals surface area contributed by atoms with Gasteiger partial charge in [-0.15, -0.1) is 0 Å². The van der Waals surface area contributed by atoms with E-state index in [9.17, 15) is 4.79 Å². The third-order valence-corrected chi connectivity index (χ3v) is 6.40. The molecule has 2 rings (SSSR count). The lowest BCUT2D eigenvalue weighted by Crippen LogP contribution is -2.22. The van der Waals surface area contributed by atoms with E-state index in [0.717, 1.165) is 31.2 Å². The largest absolute Gasteiger partial charge is 0.508 e. The number of ether oxygens (including phenoxy) is 2. The fourth-order valence-corrected chi connectivity index (χ4v) is 3.42. The number of carbonyl (C=O) groups excluding carboxylic acids is 1. The van der Waals surface area contributed by atoms with E-state index in [2.05, 4.69) is 59.7 Å². The quantitative estimate of drug-likeness (QED) is 0.303. The average Bonchev–Trinajstić information content (AvgIpc) is 2.75. The van der Waals surface area contributed by atoms with E-state index >= 15 is 0 Å². The highest BCUT2D eigenvalue weighted by molar-refractivity contribution is 5.59. The molecule has 3 nitrogen and oxygen atoms in total. The predicted molar refractivity (Wildman–Crippen MR) is 124 cm³/mol. The molecule has 0 aliphatic rings. The Morgan fingerprint density at radius 2 is 1.53 bits per heavy atom. The second-order valence-corrected chi connectivity index (χ2v) is 9.32. The molecule has 0 aromatic heterocycles. The molecule has 3 heteroatoms. The summed E-state index contributed by atoms with van der Waals surface area (Å²) in [6, 6.07) is 16.6. The normalized spacial score (nSPS) is 11.9. The van der Waals surface area contributed by atoms with Crippen molar-refractivity contribution in [2.24, 2.45) is 0 Å². The van der Waals surface area contributed by atoms with Crippen LogP contribution in [0.1, 0.15) is 83.1 Å². The van der Waals surface area contributed by atoms with Gasteiger partial charge in [0.25, 0.3) is 0 Å². The highest BCUT2D eigenvalue weighted by atomic mass is 16.7. The van der Waals surface area contributed by atoms with E-state index in [1.807, 2.05) is 30.3 Å². The summed E-state index contributed by atoms with van der Waals surface area (Å²) in [7, 11) is 0. The van der Waals surface area contributed by atoms with Crippen molar-refractivity contribution >= 4 is 6.16 Å². The molecule has 164 valence electrons. The maximum atomic E-state index is 11.8. The number of carbonyl (C=O) groups is 1. The SMILES string of the molecule is CCC(C)(C)c1ccc(CCCOC(=O)OCc2ccccc2)c(C(C)(C)CC)c1. The Labute approximate surface area is 182 Å². The van der Waals surface area contributed by atoms with Crippen LogP contribution in [0.5, 0.6) is 0 Å². The Morgan fingerprint density at radius 1 is 0.867 bits per heavy atom. The molecule has 0 spiro atoms. The summed E-state index contributed by atoms with van der Waals surface area (Å²) in [5.41, 5.74) is 5.39. The summed E-state index contributed by atoms with van der Waals surface area (Å²) in [6.45, 7) is 14.3. The number of hydrogen-bond donors (Lipinski definition) is 0. The number of aryl methyl sites for hydroxylation is 1. The van der Waals surface area contributed by atoms with Crippen molar-refractivity contribution in [2.75, 3.05) is 6.61 Å². The molecule has 0 unspecified atom stereocenters. The van der Waals surface area contributed by atoms with Gasteiger partial charge >= 0.3 is 6.16 Å². The Kier molecular flexibility index (Phi) is 8.52. The molecule has 0 N–H and O–H groups in total. The van der Waals surface area contributed by atoms with Crippen LogP contribution < -0.4 is 0 Å². The van der Waals surface area contributed by atoms with E-state index in [-0.39, 0.29) is 17.4 Å². The van der Waals surface area contributed by atoms with Crippen LogP contribution in [-0.2, 0) is 33.3 Å². The lowest BCUT2D eigenvalue weighted by molar-refractivity contribution is 0.0492. The topological polar surface area (TPSA) is 35.5 Å². The zero-order valence-corrected chi connectivity index (χ0v) is 19.6. The molecule has 0 aliphatic carbocycles. The lowest BCUT2D eigenvalue weighted by atomic mass is 9.74. The molecular formula is C27H38O3. The molecule has 0 aliphatic heterocycles. The number of hydrogen-bond acceptors (Lipinski definition) is 3. The van der Waals surface area contributed by atoms with Gasteiger partial charge < -0.3 is 9.47 Å². The fourth-order valence-electron chi connectivity index (χ4n) is 3.42. The minimum Gasteiger partial charge on any atom is -0.434 e. The van der Waals surface area contributed by atoms with E-state index in [4.69, 9.17) is 9.47 Å². The molecule has 0 saturated heterocycles. The van der Waals surface area contributed by atoms with E-state index in [1.54, 1.807) is 0 Å². The average molecular weight is 411 g/mol. The molecule has 0 fully saturated rings. The van der Waals surface area contributed by atoms with Crippen LogP contribution in [0.3, 0.4) is 0 Å². The van der Waals surface area contributed by atoms with Crippen molar-refractivity contribution in [1.82, 2.24) is 0 Å². The summed E-state index contributed by atoms with van der Waals surface area (Å²) in [4.78, 5) is 11.8. The van der Waals surface area contributed by atoms with Gasteiger partial charge in [-0.3, -0.25) is 0 Å². The maximum absolute atomic E-state index is 11.8. The summed E-state index contributed by atoms with van der Waals surface area (Å²) < 4.78 is 10.5. The van der Waals surface area contributed by atoms with Gasteiger partial charge in [0.1, 0.15) is 6.61 Å². The smallest absolute Gasteiger partial charge is 0.434 e. The summed E-state index contributed by atoms with van der Waals surface area (Å²) >= 11 is 0. The summed E-state index contributed by atoms with van der Waals surface area (Å²) in [6.07, 6.45) is 3.25. The molecule has 30 heavy (non-hydrogen) atoms. The zero-order chi connectivity index (χ0) is 22.2. The maximum Gasteiger partial charge on any atom is 0.508 e. The molecule has 2 aromatic rings. The van der Waals surface area contributed by atoms with Crippen LogP contribution in [0.4, 0.5) is 4.79 Å². The lowest BCUT2D eigenvalue weighted by Gasteiger charge is -2.31. The zero-order valence-electron chi connectivity index (χ0n) is 19.6. The van der Waals surface area contributed by atoms with Crippen LogP contribution in [0.25, 0.3) is 0 Å². The summed E-state index contributed by atoms with van der Waals surface area (Å²) in [5, 5.41) is 0. The third kappa shape index (κ3) is 6.62. The van der Waals surface area contributed by atoms with Gasteiger partial charge in [-0.05, 0) is 58.8 Å². The molecule has 0 bridgehead atoms. The van der Waals surface area contributed by atoms with Gasteiger partial charge in [0, 0.05) is 0 Å². The minimum atomic E-state index is -0.604. The van der Waals surface area contributed by atoms with Crippen molar-refractivity contribution < 1.29 is 14.3 Å². The number of rotatable bonds is 10. The van der Waals surface area contributed by atoms with Crippen molar-refractivity contribution in [1.29, 1.82) is 0 Å². The van der Waals surface area contributed by atoms with Crippen molar-refractivity contribution in [3.8, 4) is 0 Å². The molecule has 2 aromatic carbocycles.